The van der Waals surface area contributed by atoms with E-state index in [0.29, 0.717) is 11.4 Å². The SMILES string of the molecule is CNc1c(C)c(C)c(OC(C)=O)c(C)c1N. The number of hydrogen-bond donors (Lipinski definition) is 2. The first-order chi connectivity index (χ1) is 7.40. The van der Waals surface area contributed by atoms with Gasteiger partial charge in [-0.15, -0.1) is 0 Å². The smallest absolute Gasteiger partial charge is 0.308 e. The molecule has 4 heteroatoms. The second-order valence-electron chi connectivity index (χ2n) is 3.84. The van der Waals surface area contributed by atoms with Gasteiger partial charge in [0.15, 0.2) is 0 Å². The van der Waals surface area contributed by atoms with Gasteiger partial charge in [-0.05, 0) is 31.9 Å². The average Bonchev–Trinajstić information content (AvgIpc) is 2.22. The number of carbonyl (C=O) groups excluding carboxylic acids is 1. The second kappa shape index (κ2) is 4.43. The van der Waals surface area contributed by atoms with Crippen LogP contribution in [-0.4, -0.2) is 13.0 Å². The monoisotopic (exact) mass is 222 g/mol. The number of hydrogen-bond acceptors (Lipinski definition) is 4. The predicted octanol–water partition coefficient (Wildman–Crippen LogP) is 2.16. The topological polar surface area (TPSA) is 64.3 Å². The van der Waals surface area contributed by atoms with Crippen LogP contribution in [0.1, 0.15) is 23.6 Å². The van der Waals surface area contributed by atoms with E-state index in [1.807, 2.05) is 27.8 Å². The van der Waals surface area contributed by atoms with Gasteiger partial charge in [0.1, 0.15) is 5.75 Å². The summed E-state index contributed by atoms with van der Waals surface area (Å²) in [7, 11) is 1.82. The Morgan fingerprint density at radius 2 is 1.75 bits per heavy atom. The Bertz CT molecular complexity index is 410. The molecule has 0 saturated carbocycles. The van der Waals surface area contributed by atoms with Crippen LogP contribution in [0.4, 0.5) is 11.4 Å². The van der Waals surface area contributed by atoms with Crippen molar-refractivity contribution >= 4 is 17.3 Å². The van der Waals surface area contributed by atoms with E-state index in [9.17, 15) is 4.79 Å². The number of anilines is 2. The third-order valence-electron chi connectivity index (χ3n) is 2.79. The van der Waals surface area contributed by atoms with Crippen LogP contribution in [0.3, 0.4) is 0 Å². The fourth-order valence-electron chi connectivity index (χ4n) is 1.77. The highest BCUT2D eigenvalue weighted by Crippen LogP contribution is 2.37. The summed E-state index contributed by atoms with van der Waals surface area (Å²) in [6, 6.07) is 0. The molecule has 1 aromatic carbocycles. The highest BCUT2D eigenvalue weighted by molar-refractivity contribution is 5.80. The lowest BCUT2D eigenvalue weighted by atomic mass is 10.0. The molecule has 0 aliphatic rings. The molecule has 0 bridgehead atoms. The molecule has 0 radical (unpaired) electrons. The van der Waals surface area contributed by atoms with Gasteiger partial charge in [-0.1, -0.05) is 0 Å². The summed E-state index contributed by atoms with van der Waals surface area (Å²) >= 11 is 0. The van der Waals surface area contributed by atoms with Crippen molar-refractivity contribution in [2.24, 2.45) is 0 Å². The van der Waals surface area contributed by atoms with Crippen LogP contribution < -0.4 is 15.8 Å². The van der Waals surface area contributed by atoms with Crippen LogP contribution in [0, 0.1) is 20.8 Å². The molecule has 0 amide bonds. The standard InChI is InChI=1S/C12H18N2O2/c1-6-7(2)12(16-9(4)15)8(3)10(13)11(6)14-5/h14H,13H2,1-5H3. The van der Waals surface area contributed by atoms with Crippen molar-refractivity contribution in [1.29, 1.82) is 0 Å². The van der Waals surface area contributed by atoms with Gasteiger partial charge in [-0.2, -0.15) is 0 Å². The average molecular weight is 222 g/mol. The van der Waals surface area contributed by atoms with Crippen LogP contribution in [0.15, 0.2) is 0 Å². The first-order valence-electron chi connectivity index (χ1n) is 5.15. The third kappa shape index (κ3) is 1.96. The molecule has 16 heavy (non-hydrogen) atoms. The summed E-state index contributed by atoms with van der Waals surface area (Å²) in [6.45, 7) is 7.10. The van der Waals surface area contributed by atoms with Crippen molar-refractivity contribution < 1.29 is 9.53 Å². The molecule has 0 heterocycles. The van der Waals surface area contributed by atoms with Crippen molar-refractivity contribution in [3.8, 4) is 5.75 Å². The van der Waals surface area contributed by atoms with Gasteiger partial charge in [0, 0.05) is 19.5 Å². The van der Waals surface area contributed by atoms with Crippen LogP contribution in [0.5, 0.6) is 5.75 Å². The van der Waals surface area contributed by atoms with Crippen LogP contribution in [-0.2, 0) is 4.79 Å². The van der Waals surface area contributed by atoms with E-state index in [2.05, 4.69) is 5.32 Å². The number of ether oxygens (including phenoxy) is 1. The molecule has 0 aliphatic heterocycles. The summed E-state index contributed by atoms with van der Waals surface area (Å²) in [5, 5.41) is 3.06. The van der Waals surface area contributed by atoms with E-state index in [1.54, 1.807) is 0 Å². The molecule has 0 spiro atoms. The zero-order chi connectivity index (χ0) is 12.5. The molecule has 1 rings (SSSR count). The lowest BCUT2D eigenvalue weighted by Gasteiger charge is -2.18. The van der Waals surface area contributed by atoms with Gasteiger partial charge >= 0.3 is 5.97 Å². The zero-order valence-corrected chi connectivity index (χ0v) is 10.4. The van der Waals surface area contributed by atoms with Crippen LogP contribution >= 0.6 is 0 Å². The van der Waals surface area contributed by atoms with Gasteiger partial charge in [-0.3, -0.25) is 4.79 Å². The Morgan fingerprint density at radius 3 is 2.19 bits per heavy atom. The van der Waals surface area contributed by atoms with Gasteiger partial charge in [0.05, 0.1) is 11.4 Å². The summed E-state index contributed by atoms with van der Waals surface area (Å²) in [5.74, 6) is 0.240. The minimum absolute atomic E-state index is 0.331. The number of benzene rings is 1. The minimum atomic E-state index is -0.331. The number of nitrogen functional groups attached to an aromatic ring is 1. The summed E-state index contributed by atoms with van der Waals surface area (Å²) in [6.07, 6.45) is 0. The van der Waals surface area contributed by atoms with E-state index in [4.69, 9.17) is 10.5 Å². The lowest BCUT2D eigenvalue weighted by Crippen LogP contribution is -2.09. The fraction of sp³-hybridized carbons (Fsp3) is 0.417. The molecular weight excluding hydrogens is 204 g/mol. The quantitative estimate of drug-likeness (QED) is 0.457. The largest absolute Gasteiger partial charge is 0.426 e. The lowest BCUT2D eigenvalue weighted by molar-refractivity contribution is -0.131. The zero-order valence-electron chi connectivity index (χ0n) is 10.4. The molecule has 0 atom stereocenters. The third-order valence-corrected chi connectivity index (χ3v) is 2.79. The Kier molecular flexibility index (Phi) is 3.42. The molecule has 0 unspecified atom stereocenters. The first-order valence-corrected chi connectivity index (χ1v) is 5.15. The second-order valence-corrected chi connectivity index (χ2v) is 3.84. The highest BCUT2D eigenvalue weighted by atomic mass is 16.5. The maximum atomic E-state index is 11.0. The van der Waals surface area contributed by atoms with E-state index >= 15 is 0 Å². The maximum Gasteiger partial charge on any atom is 0.308 e. The van der Waals surface area contributed by atoms with Crippen molar-refractivity contribution in [2.75, 3.05) is 18.1 Å². The molecule has 0 aliphatic carbocycles. The number of rotatable bonds is 2. The minimum Gasteiger partial charge on any atom is -0.426 e. The summed E-state index contributed by atoms with van der Waals surface area (Å²) in [5.41, 5.74) is 10.2. The van der Waals surface area contributed by atoms with E-state index in [0.717, 1.165) is 22.4 Å². The number of carbonyl (C=O) groups is 1. The molecule has 0 aromatic heterocycles. The van der Waals surface area contributed by atoms with E-state index < -0.39 is 0 Å². The van der Waals surface area contributed by atoms with Crippen LogP contribution in [0.2, 0.25) is 0 Å². The Morgan fingerprint density at radius 1 is 1.19 bits per heavy atom. The number of nitrogens with two attached hydrogens (primary N) is 1. The molecule has 0 saturated heterocycles. The normalized spacial score (nSPS) is 10.1. The van der Waals surface area contributed by atoms with E-state index in [-0.39, 0.29) is 5.97 Å². The Hall–Kier alpha value is -1.71. The fourth-order valence-corrected chi connectivity index (χ4v) is 1.77. The van der Waals surface area contributed by atoms with Gasteiger partial charge in [-0.25, -0.2) is 0 Å². The van der Waals surface area contributed by atoms with Crippen LogP contribution in [0.25, 0.3) is 0 Å². The van der Waals surface area contributed by atoms with Crippen molar-refractivity contribution in [3.05, 3.63) is 16.7 Å². The molecule has 0 fully saturated rings. The van der Waals surface area contributed by atoms with Gasteiger partial charge < -0.3 is 15.8 Å². The summed E-state index contributed by atoms with van der Waals surface area (Å²) < 4.78 is 5.19. The van der Waals surface area contributed by atoms with E-state index in [1.165, 1.54) is 6.92 Å². The Balaban J connectivity index is 3.47. The molecule has 88 valence electrons. The van der Waals surface area contributed by atoms with Gasteiger partial charge in [0.2, 0.25) is 0 Å². The molecule has 4 nitrogen and oxygen atoms in total. The first kappa shape index (κ1) is 12.4. The maximum absolute atomic E-state index is 11.0. The summed E-state index contributed by atoms with van der Waals surface area (Å²) in [4.78, 5) is 11.0. The van der Waals surface area contributed by atoms with Gasteiger partial charge in [0.25, 0.3) is 0 Å². The predicted molar refractivity (Wildman–Crippen MR) is 65.9 cm³/mol. The molecule has 3 N–H and O–H groups in total. The van der Waals surface area contributed by atoms with Crippen molar-refractivity contribution in [1.82, 2.24) is 0 Å². The molecule has 1 aromatic rings. The number of esters is 1. The number of nitrogens with one attached hydrogen (secondary N) is 1. The van der Waals surface area contributed by atoms with Crippen molar-refractivity contribution in [3.63, 3.8) is 0 Å². The van der Waals surface area contributed by atoms with Crippen molar-refractivity contribution in [2.45, 2.75) is 27.7 Å². The highest BCUT2D eigenvalue weighted by Gasteiger charge is 2.16. The Labute approximate surface area is 95.8 Å². The molecular formula is C12H18N2O2.